The fourth-order valence-corrected chi connectivity index (χ4v) is 4.21. The molecule has 0 aliphatic heterocycles. The molecule has 0 unspecified atom stereocenters. The predicted molar refractivity (Wildman–Crippen MR) is 85.2 cm³/mol. The van der Waals surface area contributed by atoms with Crippen LogP contribution in [0.1, 0.15) is 77.0 Å². The molecule has 0 heterocycles. The highest BCUT2D eigenvalue weighted by Gasteiger charge is 2.24. The Bertz CT molecular complexity index is 311. The third kappa shape index (κ3) is 4.97. The van der Waals surface area contributed by atoms with Crippen LogP contribution in [0.15, 0.2) is 12.7 Å². The minimum Gasteiger partial charge on any atom is -0.198 e. The van der Waals surface area contributed by atoms with Crippen molar-refractivity contribution in [2.45, 2.75) is 77.0 Å². The van der Waals surface area contributed by atoms with Crippen LogP contribution in [0, 0.1) is 35.0 Å². The lowest BCUT2D eigenvalue weighted by Gasteiger charge is -2.30. The van der Waals surface area contributed by atoms with Gasteiger partial charge in [0.05, 0.1) is 6.07 Å². The van der Waals surface area contributed by atoms with Gasteiger partial charge in [-0.2, -0.15) is 5.26 Å². The lowest BCUT2D eigenvalue weighted by Crippen LogP contribution is -2.17. The standard InChI is InChI=1S/C19H31N/c1-2-3-4-16-5-7-17(8-6-16)9-10-18-11-13-19(15-20)14-12-18/h2,16-19H,1,3-14H2/t16-,17-,18-,19-. The van der Waals surface area contributed by atoms with E-state index in [2.05, 4.69) is 18.7 Å². The fraction of sp³-hybridized carbons (Fsp3) is 0.842. The van der Waals surface area contributed by atoms with Gasteiger partial charge in [0.2, 0.25) is 0 Å². The van der Waals surface area contributed by atoms with Crippen molar-refractivity contribution in [1.29, 1.82) is 5.26 Å². The molecule has 1 nitrogen and oxygen atoms in total. The second kappa shape index (κ2) is 8.50. The molecule has 0 aromatic heterocycles. The van der Waals surface area contributed by atoms with Gasteiger partial charge in [-0.05, 0) is 56.3 Å². The molecule has 0 saturated heterocycles. The molecule has 0 N–H and O–H groups in total. The van der Waals surface area contributed by atoms with Crippen molar-refractivity contribution >= 4 is 0 Å². The third-order valence-corrected chi connectivity index (χ3v) is 5.76. The number of nitriles is 1. The highest BCUT2D eigenvalue weighted by Crippen LogP contribution is 2.37. The summed E-state index contributed by atoms with van der Waals surface area (Å²) >= 11 is 0. The van der Waals surface area contributed by atoms with Gasteiger partial charge in [0.25, 0.3) is 0 Å². The summed E-state index contributed by atoms with van der Waals surface area (Å²) in [4.78, 5) is 0. The summed E-state index contributed by atoms with van der Waals surface area (Å²) in [6.07, 6.45) is 18.3. The van der Waals surface area contributed by atoms with Crippen molar-refractivity contribution in [3.05, 3.63) is 12.7 Å². The van der Waals surface area contributed by atoms with Crippen molar-refractivity contribution in [3.8, 4) is 6.07 Å². The van der Waals surface area contributed by atoms with Crippen LogP contribution in [0.3, 0.4) is 0 Å². The SMILES string of the molecule is C=CCC[C@H]1CC[C@H](CC[C@H]2CC[C@H](C#N)CC2)CC1. The van der Waals surface area contributed by atoms with E-state index < -0.39 is 0 Å². The van der Waals surface area contributed by atoms with E-state index in [-0.39, 0.29) is 0 Å². The molecule has 112 valence electrons. The quantitative estimate of drug-likeness (QED) is 0.555. The zero-order chi connectivity index (χ0) is 14.2. The molecule has 2 aliphatic carbocycles. The van der Waals surface area contributed by atoms with Crippen molar-refractivity contribution in [1.82, 2.24) is 0 Å². The Kier molecular flexibility index (Phi) is 6.64. The number of nitrogens with zero attached hydrogens (tertiary/aromatic N) is 1. The van der Waals surface area contributed by atoms with Crippen LogP contribution in [-0.4, -0.2) is 0 Å². The lowest BCUT2D eigenvalue weighted by molar-refractivity contribution is 0.223. The largest absolute Gasteiger partial charge is 0.198 e. The first-order valence-electron chi connectivity index (χ1n) is 8.82. The van der Waals surface area contributed by atoms with Gasteiger partial charge in [0.1, 0.15) is 0 Å². The average Bonchev–Trinajstić information content (AvgIpc) is 2.52. The van der Waals surface area contributed by atoms with Crippen LogP contribution < -0.4 is 0 Å². The van der Waals surface area contributed by atoms with Gasteiger partial charge in [-0.3, -0.25) is 0 Å². The maximum atomic E-state index is 8.94. The zero-order valence-corrected chi connectivity index (χ0v) is 13.0. The molecule has 2 aliphatic rings. The number of allylic oxidation sites excluding steroid dienone is 1. The lowest BCUT2D eigenvalue weighted by atomic mass is 9.75. The predicted octanol–water partition coefficient (Wildman–Crippen LogP) is 5.87. The van der Waals surface area contributed by atoms with Gasteiger partial charge in [0, 0.05) is 5.92 Å². The van der Waals surface area contributed by atoms with Gasteiger partial charge in [-0.25, -0.2) is 0 Å². The Morgan fingerprint density at radius 1 is 0.800 bits per heavy atom. The monoisotopic (exact) mass is 273 g/mol. The molecule has 0 spiro atoms. The van der Waals surface area contributed by atoms with Gasteiger partial charge < -0.3 is 0 Å². The van der Waals surface area contributed by atoms with E-state index in [1.165, 1.54) is 64.2 Å². The van der Waals surface area contributed by atoms with E-state index >= 15 is 0 Å². The molecule has 20 heavy (non-hydrogen) atoms. The first kappa shape index (κ1) is 15.6. The van der Waals surface area contributed by atoms with Crippen LogP contribution in [-0.2, 0) is 0 Å². The molecular formula is C19H31N. The molecule has 2 fully saturated rings. The minimum atomic E-state index is 0.367. The van der Waals surface area contributed by atoms with Gasteiger partial charge in [0.15, 0.2) is 0 Å². The van der Waals surface area contributed by atoms with E-state index in [4.69, 9.17) is 5.26 Å². The molecule has 0 aromatic rings. The van der Waals surface area contributed by atoms with E-state index in [0.717, 1.165) is 30.6 Å². The van der Waals surface area contributed by atoms with E-state index in [1.54, 1.807) is 0 Å². The summed E-state index contributed by atoms with van der Waals surface area (Å²) in [6, 6.07) is 2.44. The molecule has 0 aromatic carbocycles. The van der Waals surface area contributed by atoms with Crippen molar-refractivity contribution < 1.29 is 0 Å². The van der Waals surface area contributed by atoms with Gasteiger partial charge in [-0.1, -0.05) is 44.6 Å². The van der Waals surface area contributed by atoms with Crippen molar-refractivity contribution in [2.75, 3.05) is 0 Å². The second-order valence-electron chi connectivity index (χ2n) is 7.18. The van der Waals surface area contributed by atoms with Crippen LogP contribution in [0.2, 0.25) is 0 Å². The van der Waals surface area contributed by atoms with Crippen LogP contribution in [0.5, 0.6) is 0 Å². The maximum Gasteiger partial charge on any atom is 0.0655 e. The van der Waals surface area contributed by atoms with E-state index in [1.807, 2.05) is 0 Å². The highest BCUT2D eigenvalue weighted by molar-refractivity contribution is 4.87. The Morgan fingerprint density at radius 3 is 1.70 bits per heavy atom. The molecule has 2 rings (SSSR count). The smallest absolute Gasteiger partial charge is 0.0655 e. The molecule has 2 saturated carbocycles. The second-order valence-corrected chi connectivity index (χ2v) is 7.18. The Morgan fingerprint density at radius 2 is 1.25 bits per heavy atom. The molecule has 0 bridgehead atoms. The molecule has 0 radical (unpaired) electrons. The zero-order valence-electron chi connectivity index (χ0n) is 13.0. The van der Waals surface area contributed by atoms with E-state index in [0.29, 0.717) is 5.92 Å². The Hall–Kier alpha value is -0.770. The van der Waals surface area contributed by atoms with E-state index in [9.17, 15) is 0 Å². The van der Waals surface area contributed by atoms with Crippen LogP contribution in [0.4, 0.5) is 0 Å². The average molecular weight is 273 g/mol. The van der Waals surface area contributed by atoms with Gasteiger partial charge in [-0.15, -0.1) is 6.58 Å². The first-order valence-corrected chi connectivity index (χ1v) is 8.82. The normalized spacial score (nSPS) is 34.4. The maximum absolute atomic E-state index is 8.94. The van der Waals surface area contributed by atoms with Crippen LogP contribution >= 0.6 is 0 Å². The minimum absolute atomic E-state index is 0.367. The molecular weight excluding hydrogens is 242 g/mol. The number of hydrogen-bond donors (Lipinski definition) is 0. The van der Waals surface area contributed by atoms with Gasteiger partial charge >= 0.3 is 0 Å². The fourth-order valence-electron chi connectivity index (χ4n) is 4.21. The summed E-state index contributed by atoms with van der Waals surface area (Å²) in [5.74, 6) is 3.28. The first-order chi connectivity index (χ1) is 9.81. The summed E-state index contributed by atoms with van der Waals surface area (Å²) in [7, 11) is 0. The molecule has 0 atom stereocenters. The third-order valence-electron chi connectivity index (χ3n) is 5.76. The summed E-state index contributed by atoms with van der Waals surface area (Å²) < 4.78 is 0. The summed E-state index contributed by atoms with van der Waals surface area (Å²) in [5, 5.41) is 8.94. The highest BCUT2D eigenvalue weighted by atomic mass is 14.3. The number of hydrogen-bond acceptors (Lipinski definition) is 1. The Balaban J connectivity index is 1.57. The topological polar surface area (TPSA) is 23.8 Å². The summed E-state index contributed by atoms with van der Waals surface area (Å²) in [6.45, 7) is 3.83. The molecule has 0 amide bonds. The molecule has 1 heteroatoms. The van der Waals surface area contributed by atoms with Crippen molar-refractivity contribution in [3.63, 3.8) is 0 Å². The van der Waals surface area contributed by atoms with Crippen molar-refractivity contribution in [2.24, 2.45) is 23.7 Å². The number of rotatable bonds is 6. The Labute approximate surface area is 125 Å². The van der Waals surface area contributed by atoms with Crippen LogP contribution in [0.25, 0.3) is 0 Å². The summed E-state index contributed by atoms with van der Waals surface area (Å²) in [5.41, 5.74) is 0.